The van der Waals surface area contributed by atoms with Gasteiger partial charge in [-0.1, -0.05) is 30.0 Å². The summed E-state index contributed by atoms with van der Waals surface area (Å²) >= 11 is 0. The van der Waals surface area contributed by atoms with Crippen LogP contribution in [0.2, 0.25) is 0 Å². The van der Waals surface area contributed by atoms with Gasteiger partial charge in [-0.2, -0.15) is 8.78 Å². The molecule has 0 heterocycles. The van der Waals surface area contributed by atoms with Crippen molar-refractivity contribution in [3.8, 4) is 11.8 Å². The summed E-state index contributed by atoms with van der Waals surface area (Å²) in [6, 6.07) is 7.92. The average molecular weight is 295 g/mol. The van der Waals surface area contributed by atoms with Gasteiger partial charge in [-0.25, -0.2) is 8.78 Å². The monoisotopic (exact) mass is 295 g/mol. The summed E-state index contributed by atoms with van der Waals surface area (Å²) in [6.45, 7) is 0. The van der Waals surface area contributed by atoms with Crippen molar-refractivity contribution in [3.05, 3.63) is 74.8 Å². The number of nitro benzene ring substituents is 1. The Kier molecular flexibility index (Phi) is 3.89. The number of benzene rings is 2. The number of hydrogen-bond acceptors (Lipinski definition) is 2. The van der Waals surface area contributed by atoms with Crippen molar-refractivity contribution in [2.24, 2.45) is 0 Å². The topological polar surface area (TPSA) is 43.1 Å². The van der Waals surface area contributed by atoms with Crippen LogP contribution in [-0.2, 0) is 0 Å². The lowest BCUT2D eigenvalue weighted by Gasteiger charge is -2.02. The van der Waals surface area contributed by atoms with E-state index >= 15 is 0 Å². The predicted octanol–water partition coefficient (Wildman–Crippen LogP) is 3.55. The van der Waals surface area contributed by atoms with E-state index in [1.54, 1.807) is 18.2 Å². The Morgan fingerprint density at radius 2 is 1.38 bits per heavy atom. The van der Waals surface area contributed by atoms with Crippen molar-refractivity contribution in [2.75, 3.05) is 0 Å². The molecule has 7 heteroatoms. The highest BCUT2D eigenvalue weighted by Gasteiger charge is 2.32. The fraction of sp³-hybridized carbons (Fsp3) is 0. The van der Waals surface area contributed by atoms with Gasteiger partial charge in [0.05, 0.1) is 4.92 Å². The van der Waals surface area contributed by atoms with Crippen molar-refractivity contribution in [1.82, 2.24) is 0 Å². The second-order valence-corrected chi connectivity index (χ2v) is 3.85. The van der Waals surface area contributed by atoms with E-state index in [2.05, 4.69) is 5.92 Å². The SMILES string of the molecule is O=[N+]([O-])c1c(F)c(F)c(C#Cc2ccccc2)c(F)c1F. The van der Waals surface area contributed by atoms with Crippen LogP contribution in [-0.4, -0.2) is 4.92 Å². The molecule has 0 radical (unpaired) electrons. The standard InChI is InChI=1S/C14H5F4NO2/c15-10-9(7-6-8-4-2-1-3-5-8)11(16)13(18)14(12(10)17)19(20)21/h1-5H. The Balaban J connectivity index is 2.62. The third kappa shape index (κ3) is 2.69. The maximum absolute atomic E-state index is 13.6. The lowest BCUT2D eigenvalue weighted by Crippen LogP contribution is -2.06. The van der Waals surface area contributed by atoms with E-state index < -0.39 is 39.4 Å². The minimum absolute atomic E-state index is 0.357. The molecule has 0 saturated heterocycles. The zero-order chi connectivity index (χ0) is 15.6. The van der Waals surface area contributed by atoms with Crippen LogP contribution in [0.4, 0.5) is 23.2 Å². The summed E-state index contributed by atoms with van der Waals surface area (Å²) in [4.78, 5) is 8.86. The van der Waals surface area contributed by atoms with Gasteiger partial charge in [0.15, 0.2) is 11.6 Å². The molecule has 3 nitrogen and oxygen atoms in total. The Labute approximate surface area is 116 Å². The van der Waals surface area contributed by atoms with Gasteiger partial charge in [-0.05, 0) is 12.1 Å². The summed E-state index contributed by atoms with van der Waals surface area (Å²) in [7, 11) is 0. The van der Waals surface area contributed by atoms with Crippen molar-refractivity contribution in [1.29, 1.82) is 0 Å². The molecule has 0 aromatic heterocycles. The van der Waals surface area contributed by atoms with Gasteiger partial charge in [0.2, 0.25) is 11.6 Å². The van der Waals surface area contributed by atoms with Gasteiger partial charge in [-0.3, -0.25) is 10.1 Å². The second kappa shape index (κ2) is 5.63. The predicted molar refractivity (Wildman–Crippen MR) is 65.4 cm³/mol. The quantitative estimate of drug-likeness (QED) is 0.265. The highest BCUT2D eigenvalue weighted by molar-refractivity contribution is 5.49. The van der Waals surface area contributed by atoms with Crippen LogP contribution in [0.15, 0.2) is 30.3 Å². The van der Waals surface area contributed by atoms with Crippen molar-refractivity contribution in [3.63, 3.8) is 0 Å². The fourth-order valence-corrected chi connectivity index (χ4v) is 1.55. The lowest BCUT2D eigenvalue weighted by atomic mass is 10.1. The summed E-state index contributed by atoms with van der Waals surface area (Å²) in [6.07, 6.45) is 0. The summed E-state index contributed by atoms with van der Waals surface area (Å²) in [5.74, 6) is -3.72. The number of halogens is 4. The van der Waals surface area contributed by atoms with Gasteiger partial charge in [0.25, 0.3) is 0 Å². The first-order valence-electron chi connectivity index (χ1n) is 5.51. The van der Waals surface area contributed by atoms with Crippen LogP contribution in [0, 0.1) is 45.2 Å². The number of nitro groups is 1. The molecule has 0 amide bonds. The number of nitrogens with zero attached hydrogens (tertiary/aromatic N) is 1. The smallest absolute Gasteiger partial charge is 0.258 e. The second-order valence-electron chi connectivity index (χ2n) is 3.85. The van der Waals surface area contributed by atoms with E-state index in [9.17, 15) is 27.7 Å². The molecule has 0 spiro atoms. The molecule has 2 aromatic rings. The zero-order valence-electron chi connectivity index (χ0n) is 10.2. The van der Waals surface area contributed by atoms with E-state index in [1.165, 1.54) is 12.1 Å². The van der Waals surface area contributed by atoms with Gasteiger partial charge in [0.1, 0.15) is 5.56 Å². The Bertz CT molecular complexity index is 750. The first kappa shape index (κ1) is 14.5. The highest BCUT2D eigenvalue weighted by Crippen LogP contribution is 2.29. The van der Waals surface area contributed by atoms with E-state index in [0.29, 0.717) is 5.56 Å². The summed E-state index contributed by atoms with van der Waals surface area (Å²) in [5.41, 5.74) is -2.72. The molecule has 21 heavy (non-hydrogen) atoms. The Hall–Kier alpha value is -2.88. The van der Waals surface area contributed by atoms with Crippen LogP contribution in [0.25, 0.3) is 0 Å². The molecular weight excluding hydrogens is 290 g/mol. The minimum Gasteiger partial charge on any atom is -0.258 e. The molecule has 106 valence electrons. The maximum Gasteiger partial charge on any atom is 0.346 e. The average Bonchev–Trinajstić information content (AvgIpc) is 2.46. The molecule has 0 saturated carbocycles. The molecule has 0 aliphatic heterocycles. The van der Waals surface area contributed by atoms with Crippen LogP contribution in [0.1, 0.15) is 11.1 Å². The molecule has 2 aromatic carbocycles. The van der Waals surface area contributed by atoms with Crippen molar-refractivity contribution in [2.45, 2.75) is 0 Å². The number of hydrogen-bond donors (Lipinski definition) is 0. The molecule has 0 fully saturated rings. The first-order chi connectivity index (χ1) is 9.93. The van der Waals surface area contributed by atoms with E-state index in [0.717, 1.165) is 0 Å². The van der Waals surface area contributed by atoms with Gasteiger partial charge in [-0.15, -0.1) is 0 Å². The van der Waals surface area contributed by atoms with Gasteiger partial charge in [0, 0.05) is 5.56 Å². The van der Waals surface area contributed by atoms with E-state index in [-0.39, 0.29) is 0 Å². The van der Waals surface area contributed by atoms with Crippen LogP contribution in [0.3, 0.4) is 0 Å². The van der Waals surface area contributed by atoms with E-state index in [4.69, 9.17) is 0 Å². The van der Waals surface area contributed by atoms with Crippen molar-refractivity contribution < 1.29 is 22.5 Å². The Morgan fingerprint density at radius 1 is 0.857 bits per heavy atom. The van der Waals surface area contributed by atoms with Crippen LogP contribution >= 0.6 is 0 Å². The van der Waals surface area contributed by atoms with Gasteiger partial charge >= 0.3 is 5.69 Å². The van der Waals surface area contributed by atoms with Crippen molar-refractivity contribution >= 4 is 5.69 Å². The van der Waals surface area contributed by atoms with Crippen LogP contribution < -0.4 is 0 Å². The largest absolute Gasteiger partial charge is 0.346 e. The zero-order valence-corrected chi connectivity index (χ0v) is 10.2. The normalized spacial score (nSPS) is 9.90. The number of rotatable bonds is 1. The Morgan fingerprint density at radius 3 is 1.86 bits per heavy atom. The third-order valence-electron chi connectivity index (χ3n) is 2.53. The third-order valence-corrected chi connectivity index (χ3v) is 2.53. The van der Waals surface area contributed by atoms with Crippen LogP contribution in [0.5, 0.6) is 0 Å². The molecule has 0 unspecified atom stereocenters. The fourth-order valence-electron chi connectivity index (χ4n) is 1.55. The maximum atomic E-state index is 13.6. The molecule has 0 atom stereocenters. The summed E-state index contributed by atoms with van der Waals surface area (Å²) < 4.78 is 53.9. The molecule has 0 N–H and O–H groups in total. The minimum atomic E-state index is -2.09. The highest BCUT2D eigenvalue weighted by atomic mass is 19.2. The van der Waals surface area contributed by atoms with E-state index in [1.807, 2.05) is 5.92 Å². The first-order valence-corrected chi connectivity index (χ1v) is 5.51. The molecule has 0 bridgehead atoms. The summed E-state index contributed by atoms with van der Waals surface area (Å²) in [5, 5.41) is 10.4. The molecule has 2 rings (SSSR count). The molecule has 0 aliphatic rings. The molecular formula is C14H5F4NO2. The molecule has 0 aliphatic carbocycles. The van der Waals surface area contributed by atoms with Gasteiger partial charge < -0.3 is 0 Å². The lowest BCUT2D eigenvalue weighted by molar-refractivity contribution is -0.390.